The second-order valence-corrected chi connectivity index (χ2v) is 4.92. The lowest BCUT2D eigenvalue weighted by atomic mass is 10.1. The van der Waals surface area contributed by atoms with Gasteiger partial charge in [0.2, 0.25) is 0 Å². The standard InChI is InChI=1S/C16H12N2O6/c1-23-7-3-9(15(19)20)13-11(5-7)17-14-10(16(21)22)4-8(24-2)6-12(14)18-13/h3-6H,1-2H3,(H,19,20)(H,21,22). The van der Waals surface area contributed by atoms with Crippen LogP contribution in [0.25, 0.3) is 22.1 Å². The maximum Gasteiger partial charge on any atom is 0.338 e. The molecule has 0 bridgehead atoms. The summed E-state index contributed by atoms with van der Waals surface area (Å²) in [6, 6.07) is 5.68. The van der Waals surface area contributed by atoms with Crippen molar-refractivity contribution in [2.45, 2.75) is 0 Å². The lowest BCUT2D eigenvalue weighted by Crippen LogP contribution is -2.05. The highest BCUT2D eigenvalue weighted by atomic mass is 16.5. The Morgan fingerprint density at radius 1 is 0.792 bits per heavy atom. The maximum absolute atomic E-state index is 11.5. The zero-order chi connectivity index (χ0) is 17.4. The summed E-state index contributed by atoms with van der Waals surface area (Å²) < 4.78 is 10.1. The van der Waals surface area contributed by atoms with Crippen LogP contribution in [0.4, 0.5) is 0 Å². The number of carboxylic acid groups (broad SMARTS) is 2. The second-order valence-electron chi connectivity index (χ2n) is 4.92. The van der Waals surface area contributed by atoms with Gasteiger partial charge in [0.25, 0.3) is 0 Å². The van der Waals surface area contributed by atoms with E-state index in [4.69, 9.17) is 9.47 Å². The van der Waals surface area contributed by atoms with Gasteiger partial charge in [0.1, 0.15) is 22.5 Å². The number of ether oxygens (including phenoxy) is 2. The number of hydrogen-bond acceptors (Lipinski definition) is 6. The van der Waals surface area contributed by atoms with Crippen LogP contribution in [-0.2, 0) is 0 Å². The van der Waals surface area contributed by atoms with Crippen LogP contribution in [0.5, 0.6) is 11.5 Å². The van der Waals surface area contributed by atoms with Crippen molar-refractivity contribution in [1.82, 2.24) is 9.97 Å². The number of fused-ring (bicyclic) bond motifs is 2. The van der Waals surface area contributed by atoms with Gasteiger partial charge in [0.15, 0.2) is 0 Å². The highest BCUT2D eigenvalue weighted by Gasteiger charge is 2.18. The average molecular weight is 328 g/mol. The summed E-state index contributed by atoms with van der Waals surface area (Å²) in [5.74, 6) is -1.79. The number of nitrogens with zero attached hydrogens (tertiary/aromatic N) is 2. The topological polar surface area (TPSA) is 119 Å². The average Bonchev–Trinajstić information content (AvgIpc) is 2.57. The lowest BCUT2D eigenvalue weighted by molar-refractivity contribution is 0.0687. The Hall–Kier alpha value is -3.42. The van der Waals surface area contributed by atoms with Gasteiger partial charge >= 0.3 is 11.9 Å². The molecule has 0 unspecified atom stereocenters. The minimum absolute atomic E-state index is 0.0848. The molecule has 24 heavy (non-hydrogen) atoms. The van der Waals surface area contributed by atoms with E-state index < -0.39 is 11.9 Å². The van der Waals surface area contributed by atoms with Crippen molar-refractivity contribution < 1.29 is 29.3 Å². The largest absolute Gasteiger partial charge is 0.497 e. The van der Waals surface area contributed by atoms with Gasteiger partial charge in [0.05, 0.1) is 36.4 Å². The number of hydrogen-bond donors (Lipinski definition) is 2. The van der Waals surface area contributed by atoms with E-state index in [9.17, 15) is 19.8 Å². The number of rotatable bonds is 4. The summed E-state index contributed by atoms with van der Waals surface area (Å²) >= 11 is 0. The minimum Gasteiger partial charge on any atom is -0.497 e. The number of carbonyl (C=O) groups is 2. The van der Waals surface area contributed by atoms with Crippen molar-refractivity contribution in [1.29, 1.82) is 0 Å². The van der Waals surface area contributed by atoms with Crippen molar-refractivity contribution in [2.24, 2.45) is 0 Å². The van der Waals surface area contributed by atoms with Gasteiger partial charge in [0, 0.05) is 12.1 Å². The summed E-state index contributed by atoms with van der Waals surface area (Å²) in [5, 5.41) is 18.8. The van der Waals surface area contributed by atoms with E-state index >= 15 is 0 Å². The Balaban J connectivity index is 2.47. The third-order valence-electron chi connectivity index (χ3n) is 3.52. The monoisotopic (exact) mass is 328 g/mol. The lowest BCUT2D eigenvalue weighted by Gasteiger charge is -2.09. The number of aromatic nitrogens is 2. The molecular formula is C16H12N2O6. The zero-order valence-electron chi connectivity index (χ0n) is 12.7. The molecular weight excluding hydrogens is 316 g/mol. The van der Waals surface area contributed by atoms with Gasteiger partial charge in [-0.1, -0.05) is 0 Å². The first-order valence-corrected chi connectivity index (χ1v) is 6.78. The van der Waals surface area contributed by atoms with Gasteiger partial charge < -0.3 is 19.7 Å². The molecule has 3 rings (SSSR count). The van der Waals surface area contributed by atoms with E-state index in [1.807, 2.05) is 0 Å². The van der Waals surface area contributed by atoms with Gasteiger partial charge in [-0.05, 0) is 12.1 Å². The Bertz CT molecular complexity index is 917. The normalized spacial score (nSPS) is 10.8. The zero-order valence-corrected chi connectivity index (χ0v) is 12.7. The molecule has 2 aromatic carbocycles. The fraction of sp³-hybridized carbons (Fsp3) is 0.125. The van der Waals surface area contributed by atoms with E-state index in [1.165, 1.54) is 38.5 Å². The SMILES string of the molecule is COc1cc(C(=O)O)c2nc3cc(OC)cc(C(=O)O)c3nc2c1. The van der Waals surface area contributed by atoms with Gasteiger partial charge in [-0.15, -0.1) is 0 Å². The summed E-state index contributed by atoms with van der Waals surface area (Å²) in [7, 11) is 2.80. The minimum atomic E-state index is -1.19. The Kier molecular flexibility index (Phi) is 3.64. The van der Waals surface area contributed by atoms with Crippen molar-refractivity contribution in [3.05, 3.63) is 35.4 Å². The van der Waals surface area contributed by atoms with E-state index in [1.54, 1.807) is 0 Å². The fourth-order valence-corrected chi connectivity index (χ4v) is 2.39. The molecule has 0 radical (unpaired) electrons. The molecule has 0 saturated carbocycles. The summed E-state index contributed by atoms with van der Waals surface area (Å²) in [6.45, 7) is 0. The third-order valence-corrected chi connectivity index (χ3v) is 3.52. The smallest absolute Gasteiger partial charge is 0.338 e. The molecule has 0 amide bonds. The van der Waals surface area contributed by atoms with Crippen molar-refractivity contribution >= 4 is 34.0 Å². The highest BCUT2D eigenvalue weighted by molar-refractivity contribution is 6.07. The molecule has 0 spiro atoms. The number of carboxylic acids is 2. The molecule has 0 saturated heterocycles. The summed E-state index contributed by atoms with van der Waals surface area (Å²) in [4.78, 5) is 31.5. The van der Waals surface area contributed by atoms with Crippen molar-refractivity contribution in [3.63, 3.8) is 0 Å². The quantitative estimate of drug-likeness (QED) is 0.700. The van der Waals surface area contributed by atoms with E-state index in [0.717, 1.165) is 0 Å². The maximum atomic E-state index is 11.5. The molecule has 2 N–H and O–H groups in total. The van der Waals surface area contributed by atoms with Crippen LogP contribution in [0.1, 0.15) is 20.7 Å². The van der Waals surface area contributed by atoms with Crippen LogP contribution in [0.3, 0.4) is 0 Å². The summed E-state index contributed by atoms with van der Waals surface area (Å²) in [5.41, 5.74) is 0.566. The third kappa shape index (κ3) is 2.43. The number of benzene rings is 2. The van der Waals surface area contributed by atoms with E-state index in [-0.39, 0.29) is 33.2 Å². The van der Waals surface area contributed by atoms with Crippen LogP contribution in [0.15, 0.2) is 24.3 Å². The highest BCUT2D eigenvalue weighted by Crippen LogP contribution is 2.29. The first kappa shape index (κ1) is 15.5. The van der Waals surface area contributed by atoms with Crippen LogP contribution in [-0.4, -0.2) is 46.3 Å². The molecule has 0 aliphatic rings. The Labute approximate surface area is 135 Å². The van der Waals surface area contributed by atoms with Gasteiger partial charge in [-0.3, -0.25) is 0 Å². The molecule has 8 heteroatoms. The summed E-state index contributed by atoms with van der Waals surface area (Å²) in [6.07, 6.45) is 0. The van der Waals surface area contributed by atoms with E-state index in [2.05, 4.69) is 9.97 Å². The molecule has 0 fully saturated rings. The van der Waals surface area contributed by atoms with Crippen molar-refractivity contribution in [2.75, 3.05) is 14.2 Å². The first-order chi connectivity index (χ1) is 11.4. The van der Waals surface area contributed by atoms with Crippen LogP contribution < -0.4 is 9.47 Å². The molecule has 122 valence electrons. The molecule has 1 heterocycles. The van der Waals surface area contributed by atoms with Gasteiger partial charge in [-0.2, -0.15) is 0 Å². The predicted octanol–water partition coefficient (Wildman–Crippen LogP) is 2.20. The molecule has 1 aromatic heterocycles. The molecule has 3 aromatic rings. The Morgan fingerprint density at radius 2 is 1.17 bits per heavy atom. The molecule has 0 aliphatic carbocycles. The van der Waals surface area contributed by atoms with Gasteiger partial charge in [-0.25, -0.2) is 19.6 Å². The fourth-order valence-electron chi connectivity index (χ4n) is 2.39. The second kappa shape index (κ2) is 5.65. The van der Waals surface area contributed by atoms with Crippen LogP contribution in [0.2, 0.25) is 0 Å². The number of aromatic carboxylic acids is 2. The molecule has 0 atom stereocenters. The van der Waals surface area contributed by atoms with Crippen molar-refractivity contribution in [3.8, 4) is 11.5 Å². The Morgan fingerprint density at radius 3 is 1.46 bits per heavy atom. The molecule has 8 nitrogen and oxygen atoms in total. The molecule has 0 aliphatic heterocycles. The number of methoxy groups -OCH3 is 2. The van der Waals surface area contributed by atoms with E-state index in [0.29, 0.717) is 11.5 Å². The first-order valence-electron chi connectivity index (χ1n) is 6.78. The van der Waals surface area contributed by atoms with Crippen LogP contribution >= 0.6 is 0 Å². The van der Waals surface area contributed by atoms with Crippen LogP contribution in [0, 0.1) is 0 Å². The predicted molar refractivity (Wildman–Crippen MR) is 84.1 cm³/mol.